The molecule has 0 bridgehead atoms. The zero-order valence-corrected chi connectivity index (χ0v) is 12.1. The van der Waals surface area contributed by atoms with Gasteiger partial charge in [-0.2, -0.15) is 17.5 Å². The van der Waals surface area contributed by atoms with Crippen molar-refractivity contribution in [3.05, 3.63) is 41.2 Å². The van der Waals surface area contributed by atoms with Crippen LogP contribution < -0.4 is 5.32 Å². The molecule has 114 valence electrons. The molecule has 2 aromatic rings. The summed E-state index contributed by atoms with van der Waals surface area (Å²) in [5.41, 5.74) is 0.0978. The van der Waals surface area contributed by atoms with Gasteiger partial charge in [0.25, 0.3) is 0 Å². The molecule has 1 N–H and O–H groups in total. The Kier molecular flexibility index (Phi) is 5.13. The van der Waals surface area contributed by atoms with Crippen molar-refractivity contribution in [3.8, 4) is 0 Å². The monoisotopic (exact) mass is 317 g/mol. The van der Waals surface area contributed by atoms with Crippen molar-refractivity contribution in [3.63, 3.8) is 0 Å². The number of methoxy groups -OCH3 is 1. The van der Waals surface area contributed by atoms with Crippen molar-refractivity contribution in [1.82, 2.24) is 9.36 Å². The predicted octanol–water partition coefficient (Wildman–Crippen LogP) is 3.36. The summed E-state index contributed by atoms with van der Waals surface area (Å²) in [7, 11) is 1.61. The first-order chi connectivity index (χ1) is 9.99. The van der Waals surface area contributed by atoms with E-state index in [1.165, 1.54) is 23.7 Å². The van der Waals surface area contributed by atoms with Gasteiger partial charge < -0.3 is 10.1 Å². The number of halogens is 3. The van der Waals surface area contributed by atoms with Crippen molar-refractivity contribution in [2.75, 3.05) is 19.0 Å². The van der Waals surface area contributed by atoms with E-state index in [1.54, 1.807) is 7.11 Å². The first-order valence-electron chi connectivity index (χ1n) is 6.20. The van der Waals surface area contributed by atoms with Gasteiger partial charge in [-0.1, -0.05) is 12.1 Å². The lowest BCUT2D eigenvalue weighted by atomic mass is 10.1. The Morgan fingerprint density at radius 1 is 1.24 bits per heavy atom. The van der Waals surface area contributed by atoms with Crippen LogP contribution in [0.5, 0.6) is 0 Å². The molecule has 0 aliphatic carbocycles. The summed E-state index contributed by atoms with van der Waals surface area (Å²) >= 11 is 1.22. The van der Waals surface area contributed by atoms with Crippen molar-refractivity contribution in [2.45, 2.75) is 19.1 Å². The van der Waals surface area contributed by atoms with Crippen LogP contribution in [0.4, 0.5) is 18.3 Å². The van der Waals surface area contributed by atoms with Crippen LogP contribution in [0, 0.1) is 0 Å². The Morgan fingerprint density at radius 2 is 1.95 bits per heavy atom. The lowest BCUT2D eigenvalue weighted by Gasteiger charge is -2.07. The van der Waals surface area contributed by atoms with E-state index in [4.69, 9.17) is 4.74 Å². The van der Waals surface area contributed by atoms with E-state index in [-0.39, 0.29) is 0 Å². The van der Waals surface area contributed by atoms with Gasteiger partial charge in [0.2, 0.25) is 5.13 Å². The van der Waals surface area contributed by atoms with E-state index >= 15 is 0 Å². The van der Waals surface area contributed by atoms with Crippen molar-refractivity contribution >= 4 is 16.7 Å². The molecule has 0 unspecified atom stereocenters. The molecule has 0 saturated carbocycles. The van der Waals surface area contributed by atoms with Crippen molar-refractivity contribution in [1.29, 1.82) is 0 Å². The van der Waals surface area contributed by atoms with Gasteiger partial charge in [0.05, 0.1) is 12.2 Å². The maximum Gasteiger partial charge on any atom is 0.416 e. The molecule has 0 amide bonds. The molecule has 8 heteroatoms. The minimum atomic E-state index is -4.30. The number of nitrogens with zero attached hydrogens (tertiary/aromatic N) is 2. The first-order valence-corrected chi connectivity index (χ1v) is 6.98. The highest BCUT2D eigenvalue weighted by Gasteiger charge is 2.29. The molecule has 0 aliphatic heterocycles. The SMILES string of the molecule is COCCc1nsc(NCc2ccc(C(F)(F)F)cc2)n1. The Balaban J connectivity index is 1.89. The minimum Gasteiger partial charge on any atom is -0.384 e. The van der Waals surface area contributed by atoms with E-state index in [0.717, 1.165) is 17.7 Å². The second kappa shape index (κ2) is 6.86. The van der Waals surface area contributed by atoms with Crippen molar-refractivity contribution in [2.24, 2.45) is 0 Å². The van der Waals surface area contributed by atoms with Gasteiger partial charge in [0, 0.05) is 31.6 Å². The average Bonchev–Trinajstić information content (AvgIpc) is 2.90. The van der Waals surface area contributed by atoms with Crippen molar-refractivity contribution < 1.29 is 17.9 Å². The largest absolute Gasteiger partial charge is 0.416 e. The van der Waals surface area contributed by atoms with Crippen LogP contribution in [0.25, 0.3) is 0 Å². The molecule has 1 aromatic heterocycles. The molecule has 1 heterocycles. The second-order valence-electron chi connectivity index (χ2n) is 4.31. The molecule has 0 atom stereocenters. The summed E-state index contributed by atoms with van der Waals surface area (Å²) < 4.78 is 46.4. The smallest absolute Gasteiger partial charge is 0.384 e. The van der Waals surface area contributed by atoms with Gasteiger partial charge in [-0.25, -0.2) is 4.98 Å². The van der Waals surface area contributed by atoms with E-state index < -0.39 is 11.7 Å². The van der Waals surface area contributed by atoms with E-state index in [1.807, 2.05) is 0 Å². The van der Waals surface area contributed by atoms with Gasteiger partial charge in [0.15, 0.2) is 0 Å². The summed E-state index contributed by atoms with van der Waals surface area (Å²) in [5, 5.41) is 3.68. The second-order valence-corrected chi connectivity index (χ2v) is 5.06. The number of nitrogens with one attached hydrogen (secondary N) is 1. The fourth-order valence-corrected chi connectivity index (χ4v) is 2.22. The molecular formula is C13H14F3N3OS. The highest BCUT2D eigenvalue weighted by Crippen LogP contribution is 2.29. The summed E-state index contributed by atoms with van der Waals surface area (Å²) in [5.74, 6) is 0.691. The van der Waals surface area contributed by atoms with Gasteiger partial charge >= 0.3 is 6.18 Å². The van der Waals surface area contributed by atoms with Gasteiger partial charge in [0.1, 0.15) is 5.82 Å². The molecule has 4 nitrogen and oxygen atoms in total. The third kappa shape index (κ3) is 4.68. The molecule has 0 fully saturated rings. The zero-order valence-electron chi connectivity index (χ0n) is 11.3. The van der Waals surface area contributed by atoms with Gasteiger partial charge in [-0.15, -0.1) is 0 Å². The summed E-state index contributed by atoms with van der Waals surface area (Å²) in [4.78, 5) is 4.26. The van der Waals surface area contributed by atoms with Crippen LogP contribution in [-0.2, 0) is 23.9 Å². The van der Waals surface area contributed by atoms with Crippen LogP contribution in [0.3, 0.4) is 0 Å². The molecule has 0 aliphatic rings. The summed E-state index contributed by atoms with van der Waals surface area (Å²) in [6, 6.07) is 5.04. The minimum absolute atomic E-state index is 0.400. The zero-order chi connectivity index (χ0) is 15.3. The number of alkyl halides is 3. The Hall–Kier alpha value is -1.67. The lowest BCUT2D eigenvalue weighted by Crippen LogP contribution is -2.05. The average molecular weight is 317 g/mol. The first kappa shape index (κ1) is 15.7. The van der Waals surface area contributed by atoms with Crippen LogP contribution >= 0.6 is 11.5 Å². The van der Waals surface area contributed by atoms with Gasteiger partial charge in [-0.3, -0.25) is 0 Å². The Labute approximate surface area is 124 Å². The van der Waals surface area contributed by atoms with Crippen LogP contribution in [0.15, 0.2) is 24.3 Å². The number of aromatic nitrogens is 2. The Bertz CT molecular complexity index is 569. The number of benzene rings is 1. The summed E-state index contributed by atoms with van der Waals surface area (Å²) in [6.07, 6.45) is -3.67. The number of hydrogen-bond donors (Lipinski definition) is 1. The number of ether oxygens (including phenoxy) is 1. The molecular weight excluding hydrogens is 303 g/mol. The molecule has 0 saturated heterocycles. The van der Waals surface area contributed by atoms with E-state index in [9.17, 15) is 13.2 Å². The molecule has 1 aromatic carbocycles. The topological polar surface area (TPSA) is 47.0 Å². The molecule has 0 spiro atoms. The molecule has 2 rings (SSSR count). The predicted molar refractivity (Wildman–Crippen MR) is 74.3 cm³/mol. The highest BCUT2D eigenvalue weighted by atomic mass is 32.1. The maximum atomic E-state index is 12.4. The third-order valence-electron chi connectivity index (χ3n) is 2.72. The summed E-state index contributed by atoms with van der Waals surface area (Å²) in [6.45, 7) is 0.951. The molecule has 21 heavy (non-hydrogen) atoms. The van der Waals surface area contributed by atoms with E-state index in [0.29, 0.717) is 30.5 Å². The number of hydrogen-bond acceptors (Lipinski definition) is 5. The van der Waals surface area contributed by atoms with Crippen LogP contribution in [-0.4, -0.2) is 23.1 Å². The standard InChI is InChI=1S/C13H14F3N3OS/c1-20-7-6-11-18-12(21-19-11)17-8-9-2-4-10(5-3-9)13(14,15)16/h2-5H,6-8H2,1H3,(H,17,18,19). The lowest BCUT2D eigenvalue weighted by molar-refractivity contribution is -0.137. The van der Waals surface area contributed by atoms with E-state index in [2.05, 4.69) is 14.7 Å². The number of rotatable bonds is 6. The fraction of sp³-hybridized carbons (Fsp3) is 0.385. The third-order valence-corrected chi connectivity index (χ3v) is 3.43. The molecule has 0 radical (unpaired) electrons. The highest BCUT2D eigenvalue weighted by molar-refractivity contribution is 7.09. The van der Waals surface area contributed by atoms with Crippen LogP contribution in [0.2, 0.25) is 0 Å². The fourth-order valence-electron chi connectivity index (χ4n) is 1.61. The Morgan fingerprint density at radius 3 is 2.57 bits per heavy atom. The van der Waals surface area contributed by atoms with Gasteiger partial charge in [-0.05, 0) is 17.7 Å². The van der Waals surface area contributed by atoms with Crippen LogP contribution in [0.1, 0.15) is 17.0 Å². The number of anilines is 1. The quantitative estimate of drug-likeness (QED) is 0.887. The maximum absolute atomic E-state index is 12.4. The normalized spacial score (nSPS) is 11.6.